The molecule has 0 unspecified atom stereocenters. The summed E-state index contributed by atoms with van der Waals surface area (Å²) in [6.07, 6.45) is 0.992. The van der Waals surface area contributed by atoms with Gasteiger partial charge in [0.2, 0.25) is 0 Å². The number of rotatable bonds is 8. The van der Waals surface area contributed by atoms with E-state index in [0.29, 0.717) is 26.2 Å². The fourth-order valence-corrected chi connectivity index (χ4v) is 3.88. The lowest BCUT2D eigenvalue weighted by Gasteiger charge is -2.40. The molecule has 1 fully saturated rings. The quantitative estimate of drug-likeness (QED) is 0.462. The van der Waals surface area contributed by atoms with Crippen molar-refractivity contribution in [2.75, 3.05) is 13.2 Å². The van der Waals surface area contributed by atoms with Gasteiger partial charge in [0.25, 0.3) is 0 Å². The third-order valence-electron chi connectivity index (χ3n) is 5.97. The molecule has 3 atom stereocenters. The lowest BCUT2D eigenvalue weighted by Crippen LogP contribution is -2.48. The molecule has 5 heteroatoms. The van der Waals surface area contributed by atoms with E-state index in [1.807, 2.05) is 25.1 Å². The van der Waals surface area contributed by atoms with Crippen LogP contribution in [0.5, 0.6) is 0 Å². The molecule has 2 rings (SSSR count). The Bertz CT molecular complexity index is 594. The van der Waals surface area contributed by atoms with Crippen molar-refractivity contribution in [1.29, 1.82) is 0 Å². The summed E-state index contributed by atoms with van der Waals surface area (Å²) < 4.78 is 18.3. The number of carbonyl (C=O) groups excluding carboxylic acids is 1. The molecule has 4 nitrogen and oxygen atoms in total. The van der Waals surface area contributed by atoms with Crippen LogP contribution in [0, 0.1) is 5.92 Å². The molecular formula is C22H36O4Si. The third-order valence-corrected chi connectivity index (χ3v) is 10.5. The van der Waals surface area contributed by atoms with Crippen LogP contribution in [0.25, 0.3) is 0 Å². The van der Waals surface area contributed by atoms with E-state index in [1.54, 1.807) is 0 Å². The Labute approximate surface area is 165 Å². The molecule has 0 amide bonds. The summed E-state index contributed by atoms with van der Waals surface area (Å²) in [7, 11) is -1.85. The Hall–Kier alpha value is -1.01. The zero-order chi connectivity index (χ0) is 20.1. The van der Waals surface area contributed by atoms with Gasteiger partial charge >= 0.3 is 0 Å². The normalized spacial score (nSPS) is 24.2. The maximum Gasteiger partial charge on any atom is 0.192 e. The molecule has 0 saturated carbocycles. The Balaban J connectivity index is 1.80. The molecular weight excluding hydrogens is 356 g/mol. The summed E-state index contributed by atoms with van der Waals surface area (Å²) in [5.74, 6) is 0.175. The first-order chi connectivity index (χ1) is 12.6. The largest absolute Gasteiger partial charge is 0.414 e. The molecule has 27 heavy (non-hydrogen) atoms. The minimum atomic E-state index is -1.85. The van der Waals surface area contributed by atoms with Crippen LogP contribution in [-0.4, -0.2) is 39.5 Å². The van der Waals surface area contributed by atoms with Crippen molar-refractivity contribution in [3.05, 3.63) is 35.9 Å². The highest BCUT2D eigenvalue weighted by Crippen LogP contribution is 2.37. The predicted molar refractivity (Wildman–Crippen MR) is 111 cm³/mol. The minimum Gasteiger partial charge on any atom is -0.414 e. The maximum atomic E-state index is 12.4. The van der Waals surface area contributed by atoms with E-state index in [4.69, 9.17) is 13.9 Å². The van der Waals surface area contributed by atoms with Gasteiger partial charge in [0, 0.05) is 18.9 Å². The molecule has 0 bridgehead atoms. The topological polar surface area (TPSA) is 44.8 Å². The lowest BCUT2D eigenvalue weighted by molar-refractivity contribution is -0.150. The number of ether oxygens (including phenoxy) is 2. The van der Waals surface area contributed by atoms with Gasteiger partial charge in [-0.2, -0.15) is 0 Å². The van der Waals surface area contributed by atoms with Gasteiger partial charge in [-0.1, -0.05) is 58.0 Å². The number of ketones is 1. The van der Waals surface area contributed by atoms with Gasteiger partial charge in [-0.25, -0.2) is 0 Å². The molecule has 0 N–H and O–H groups in total. The molecule has 1 heterocycles. The van der Waals surface area contributed by atoms with Crippen molar-refractivity contribution < 1.29 is 18.7 Å². The van der Waals surface area contributed by atoms with Crippen molar-refractivity contribution >= 4 is 14.1 Å². The molecule has 1 aromatic rings. The predicted octanol–water partition coefficient (Wildman–Crippen LogP) is 4.98. The molecule has 1 saturated heterocycles. The van der Waals surface area contributed by atoms with Crippen molar-refractivity contribution in [2.45, 2.75) is 77.5 Å². The van der Waals surface area contributed by atoms with E-state index in [0.717, 1.165) is 12.0 Å². The second kappa shape index (κ2) is 9.46. The van der Waals surface area contributed by atoms with Gasteiger partial charge in [0.15, 0.2) is 8.32 Å². The molecule has 1 aliphatic heterocycles. The average Bonchev–Trinajstić information content (AvgIpc) is 2.60. The Morgan fingerprint density at radius 1 is 1.19 bits per heavy atom. The van der Waals surface area contributed by atoms with Crippen LogP contribution < -0.4 is 0 Å². The second-order valence-electron chi connectivity index (χ2n) is 9.15. The van der Waals surface area contributed by atoms with Gasteiger partial charge in [-0.15, -0.1) is 0 Å². The van der Waals surface area contributed by atoms with Crippen molar-refractivity contribution in [1.82, 2.24) is 0 Å². The standard InChI is InChI=1S/C22H36O4Si/c1-17-20(23)14-19(12-13-24-15-18-10-8-7-9-11-18)26-21(17)16-25-27(5,6)22(2,3)4/h7-11,17,19,21H,12-16H2,1-6H3/t17-,19+,21-/m1/s1. The lowest BCUT2D eigenvalue weighted by atomic mass is 9.91. The molecule has 1 aliphatic rings. The zero-order valence-corrected chi connectivity index (χ0v) is 18.8. The number of carbonyl (C=O) groups is 1. The fourth-order valence-electron chi connectivity index (χ4n) is 2.87. The van der Waals surface area contributed by atoms with Gasteiger partial charge in [0.1, 0.15) is 5.78 Å². The molecule has 0 aliphatic carbocycles. The van der Waals surface area contributed by atoms with Gasteiger partial charge in [0.05, 0.1) is 25.4 Å². The van der Waals surface area contributed by atoms with Crippen molar-refractivity contribution in [3.63, 3.8) is 0 Å². The van der Waals surface area contributed by atoms with Gasteiger partial charge in [-0.05, 0) is 30.1 Å². The van der Waals surface area contributed by atoms with E-state index >= 15 is 0 Å². The third kappa shape index (κ3) is 6.52. The van der Waals surface area contributed by atoms with Crippen molar-refractivity contribution in [3.8, 4) is 0 Å². The highest BCUT2D eigenvalue weighted by atomic mass is 28.4. The summed E-state index contributed by atoms with van der Waals surface area (Å²) in [4.78, 5) is 12.4. The summed E-state index contributed by atoms with van der Waals surface area (Å²) in [5, 5.41) is 0.152. The molecule has 152 valence electrons. The average molecular weight is 393 g/mol. The fraction of sp³-hybridized carbons (Fsp3) is 0.682. The van der Waals surface area contributed by atoms with Crippen LogP contribution in [0.4, 0.5) is 0 Å². The Morgan fingerprint density at radius 3 is 2.48 bits per heavy atom. The summed E-state index contributed by atoms with van der Waals surface area (Å²) in [6.45, 7) is 14.8. The molecule has 0 spiro atoms. The van der Waals surface area contributed by atoms with Crippen LogP contribution >= 0.6 is 0 Å². The number of hydrogen-bond acceptors (Lipinski definition) is 4. The SMILES string of the molecule is C[C@@H]1C(=O)C[C@H](CCOCc2ccccc2)O[C@@H]1CO[Si](C)(C)C(C)(C)C. The number of hydrogen-bond donors (Lipinski definition) is 0. The van der Waals surface area contributed by atoms with Crippen molar-refractivity contribution in [2.24, 2.45) is 5.92 Å². The van der Waals surface area contributed by atoms with Crippen LogP contribution in [0.15, 0.2) is 30.3 Å². The van der Waals surface area contributed by atoms with Crippen LogP contribution in [0.1, 0.15) is 46.1 Å². The van der Waals surface area contributed by atoms with E-state index in [2.05, 4.69) is 46.0 Å². The number of benzene rings is 1. The van der Waals surface area contributed by atoms with Crippen LogP contribution in [0.2, 0.25) is 18.1 Å². The summed E-state index contributed by atoms with van der Waals surface area (Å²) in [6, 6.07) is 10.1. The Kier molecular flexibility index (Phi) is 7.80. The first-order valence-electron chi connectivity index (χ1n) is 10.0. The summed E-state index contributed by atoms with van der Waals surface area (Å²) >= 11 is 0. The maximum absolute atomic E-state index is 12.4. The molecule has 0 radical (unpaired) electrons. The second-order valence-corrected chi connectivity index (χ2v) is 14.0. The first kappa shape index (κ1) is 22.3. The monoisotopic (exact) mass is 392 g/mol. The molecule has 1 aromatic carbocycles. The number of Topliss-reactive ketones (excluding diaryl/α,β-unsaturated/α-hetero) is 1. The zero-order valence-electron chi connectivity index (χ0n) is 17.8. The van der Waals surface area contributed by atoms with E-state index in [1.165, 1.54) is 0 Å². The highest BCUT2D eigenvalue weighted by molar-refractivity contribution is 6.74. The van der Waals surface area contributed by atoms with Gasteiger partial charge in [-0.3, -0.25) is 4.79 Å². The highest BCUT2D eigenvalue weighted by Gasteiger charge is 2.40. The smallest absolute Gasteiger partial charge is 0.192 e. The Morgan fingerprint density at radius 2 is 1.85 bits per heavy atom. The summed E-state index contributed by atoms with van der Waals surface area (Å²) in [5.41, 5.74) is 1.16. The van der Waals surface area contributed by atoms with E-state index in [9.17, 15) is 4.79 Å². The van der Waals surface area contributed by atoms with E-state index in [-0.39, 0.29) is 28.9 Å². The van der Waals surface area contributed by atoms with E-state index < -0.39 is 8.32 Å². The van der Waals surface area contributed by atoms with Crippen LogP contribution in [-0.2, 0) is 25.3 Å². The minimum absolute atomic E-state index is 0.0718. The van der Waals surface area contributed by atoms with Gasteiger partial charge < -0.3 is 13.9 Å². The first-order valence-corrected chi connectivity index (χ1v) is 12.9. The molecule has 0 aromatic heterocycles. The van der Waals surface area contributed by atoms with Crippen LogP contribution in [0.3, 0.4) is 0 Å².